The predicted octanol–water partition coefficient (Wildman–Crippen LogP) is 3.21. The van der Waals surface area contributed by atoms with Crippen LogP contribution < -0.4 is 5.32 Å². The third-order valence-corrected chi connectivity index (χ3v) is 9.14. The van der Waals surface area contributed by atoms with Crippen LogP contribution in [0, 0.1) is 11.3 Å². The maximum absolute atomic E-state index is 13.3. The first-order valence-electron chi connectivity index (χ1n) is 10.6. The number of benzene rings is 1. The van der Waals surface area contributed by atoms with Crippen LogP contribution in [0.5, 0.6) is 0 Å². The zero-order valence-corrected chi connectivity index (χ0v) is 18.2. The van der Waals surface area contributed by atoms with E-state index in [2.05, 4.69) is 5.32 Å². The summed E-state index contributed by atoms with van der Waals surface area (Å²) in [6.07, 6.45) is 6.92. The predicted molar refractivity (Wildman–Crippen MR) is 111 cm³/mol. The zero-order chi connectivity index (χ0) is 20.5. The molecular weight excluding hydrogens is 412 g/mol. The molecule has 0 aromatic heterocycles. The second-order valence-electron chi connectivity index (χ2n) is 8.60. The van der Waals surface area contributed by atoms with Crippen molar-refractivity contribution in [2.75, 3.05) is 26.3 Å². The summed E-state index contributed by atoms with van der Waals surface area (Å²) in [5.41, 5.74) is -0.370. The van der Waals surface area contributed by atoms with Crippen LogP contribution in [0.4, 0.5) is 0 Å². The Morgan fingerprint density at radius 2 is 1.83 bits per heavy atom. The maximum Gasteiger partial charge on any atom is 0.244 e. The van der Waals surface area contributed by atoms with E-state index >= 15 is 0 Å². The van der Waals surface area contributed by atoms with Gasteiger partial charge in [0.1, 0.15) is 4.90 Å². The molecule has 2 aliphatic heterocycles. The third-order valence-electron chi connectivity index (χ3n) is 6.83. The van der Waals surface area contributed by atoms with Crippen molar-refractivity contribution in [2.24, 2.45) is 11.3 Å². The van der Waals surface area contributed by atoms with Crippen molar-refractivity contribution < 1.29 is 17.9 Å². The third kappa shape index (κ3) is 4.20. The minimum Gasteiger partial charge on any atom is -0.381 e. The topological polar surface area (TPSA) is 75.7 Å². The zero-order valence-electron chi connectivity index (χ0n) is 16.6. The molecule has 2 saturated heterocycles. The summed E-state index contributed by atoms with van der Waals surface area (Å²) in [5.74, 6) is -0.360. The van der Waals surface area contributed by atoms with Crippen molar-refractivity contribution in [1.82, 2.24) is 9.62 Å². The van der Waals surface area contributed by atoms with Crippen molar-refractivity contribution in [3.8, 4) is 0 Å². The summed E-state index contributed by atoms with van der Waals surface area (Å²) < 4.78 is 33.6. The molecule has 4 rings (SSSR count). The molecule has 0 radical (unpaired) electrons. The van der Waals surface area contributed by atoms with Crippen LogP contribution >= 0.6 is 11.6 Å². The number of sulfonamides is 1. The highest BCUT2D eigenvalue weighted by Gasteiger charge is 2.53. The van der Waals surface area contributed by atoms with Crippen LogP contribution in [0.15, 0.2) is 29.2 Å². The van der Waals surface area contributed by atoms with E-state index < -0.39 is 10.0 Å². The number of hydrogen-bond donors (Lipinski definition) is 1. The Morgan fingerprint density at radius 3 is 2.52 bits per heavy atom. The standard InChI is InChI=1S/C21H29ClN2O4S/c22-18-8-4-5-9-19(18)29(26,27)24-14-17(21(15-24)10-12-28-13-11-21)20(25)23-16-6-2-1-3-7-16/h4-5,8-9,16-17H,1-3,6-7,10-15H2,(H,23,25). The van der Waals surface area contributed by atoms with Gasteiger partial charge in [-0.05, 0) is 37.8 Å². The van der Waals surface area contributed by atoms with Crippen molar-refractivity contribution in [3.05, 3.63) is 29.3 Å². The molecule has 1 amide bonds. The second kappa shape index (κ2) is 8.53. The highest BCUT2D eigenvalue weighted by Crippen LogP contribution is 2.46. The Kier molecular flexibility index (Phi) is 6.21. The van der Waals surface area contributed by atoms with Crippen molar-refractivity contribution in [1.29, 1.82) is 0 Å². The number of rotatable bonds is 4. The van der Waals surface area contributed by atoms with Crippen molar-refractivity contribution in [3.63, 3.8) is 0 Å². The Balaban J connectivity index is 1.59. The van der Waals surface area contributed by atoms with E-state index in [0.717, 1.165) is 25.7 Å². The van der Waals surface area contributed by atoms with E-state index in [-0.39, 0.29) is 39.7 Å². The summed E-state index contributed by atoms with van der Waals surface area (Å²) in [4.78, 5) is 13.4. The smallest absolute Gasteiger partial charge is 0.244 e. The molecule has 1 aromatic rings. The quantitative estimate of drug-likeness (QED) is 0.780. The number of halogens is 1. The molecule has 1 aromatic carbocycles. The summed E-state index contributed by atoms with van der Waals surface area (Å²) >= 11 is 6.19. The average Bonchev–Trinajstić information content (AvgIpc) is 3.09. The molecule has 6 nitrogen and oxygen atoms in total. The Morgan fingerprint density at radius 1 is 1.14 bits per heavy atom. The van der Waals surface area contributed by atoms with Crippen LogP contribution in [0.1, 0.15) is 44.9 Å². The molecule has 3 aliphatic rings. The van der Waals surface area contributed by atoms with Gasteiger partial charge in [0.2, 0.25) is 15.9 Å². The molecule has 29 heavy (non-hydrogen) atoms. The van der Waals surface area contributed by atoms with Crippen LogP contribution in [-0.2, 0) is 19.6 Å². The van der Waals surface area contributed by atoms with Gasteiger partial charge < -0.3 is 10.1 Å². The Labute approximate surface area is 178 Å². The Hall–Kier alpha value is -1.15. The molecule has 1 aliphatic carbocycles. The number of amides is 1. The van der Waals surface area contributed by atoms with Gasteiger partial charge in [0, 0.05) is 37.8 Å². The highest BCUT2D eigenvalue weighted by atomic mass is 35.5. The van der Waals surface area contributed by atoms with E-state index in [4.69, 9.17) is 16.3 Å². The largest absolute Gasteiger partial charge is 0.381 e. The molecular formula is C21H29ClN2O4S. The van der Waals surface area contributed by atoms with Crippen molar-refractivity contribution >= 4 is 27.5 Å². The minimum atomic E-state index is -3.76. The fraction of sp³-hybridized carbons (Fsp3) is 0.667. The monoisotopic (exact) mass is 440 g/mol. The number of nitrogens with zero attached hydrogens (tertiary/aromatic N) is 1. The lowest BCUT2D eigenvalue weighted by atomic mass is 9.71. The van der Waals surface area contributed by atoms with Gasteiger partial charge in [-0.3, -0.25) is 4.79 Å². The van der Waals surface area contributed by atoms with E-state index in [1.807, 2.05) is 0 Å². The van der Waals surface area contributed by atoms with Gasteiger partial charge in [0.25, 0.3) is 0 Å². The Bertz CT molecular complexity index is 848. The van der Waals surface area contributed by atoms with Gasteiger partial charge in [-0.1, -0.05) is 43.0 Å². The summed E-state index contributed by atoms with van der Waals surface area (Å²) in [6, 6.07) is 6.71. The second-order valence-corrected chi connectivity index (χ2v) is 10.9. The van der Waals surface area contributed by atoms with Gasteiger partial charge in [0.05, 0.1) is 10.9 Å². The van der Waals surface area contributed by atoms with Crippen LogP contribution in [0.2, 0.25) is 5.02 Å². The first-order valence-corrected chi connectivity index (χ1v) is 12.4. The molecule has 2 heterocycles. The minimum absolute atomic E-state index is 0.00402. The van der Waals surface area contributed by atoms with Crippen LogP contribution in [-0.4, -0.2) is 51.0 Å². The van der Waals surface area contributed by atoms with Crippen LogP contribution in [0.25, 0.3) is 0 Å². The summed E-state index contributed by atoms with van der Waals surface area (Å²) in [6.45, 7) is 1.67. The van der Waals surface area contributed by atoms with E-state index in [1.54, 1.807) is 18.2 Å². The molecule has 1 unspecified atom stereocenters. The molecule has 1 N–H and O–H groups in total. The SMILES string of the molecule is O=C(NC1CCCCC1)C1CN(S(=O)(=O)c2ccccc2Cl)CC12CCOCC2. The molecule has 8 heteroatoms. The van der Waals surface area contributed by atoms with E-state index in [9.17, 15) is 13.2 Å². The molecule has 0 bridgehead atoms. The lowest BCUT2D eigenvalue weighted by molar-refractivity contribution is -0.130. The highest BCUT2D eigenvalue weighted by molar-refractivity contribution is 7.89. The lowest BCUT2D eigenvalue weighted by Crippen LogP contribution is -2.47. The van der Waals surface area contributed by atoms with E-state index in [1.165, 1.54) is 16.8 Å². The van der Waals surface area contributed by atoms with Gasteiger partial charge in [-0.2, -0.15) is 4.31 Å². The molecule has 3 fully saturated rings. The number of nitrogens with one attached hydrogen (secondary N) is 1. The fourth-order valence-corrected chi connectivity index (χ4v) is 7.14. The van der Waals surface area contributed by atoms with Crippen molar-refractivity contribution in [2.45, 2.75) is 55.9 Å². The summed E-state index contributed by atoms with van der Waals surface area (Å²) in [5, 5.41) is 3.44. The molecule has 1 saturated carbocycles. The maximum atomic E-state index is 13.3. The average molecular weight is 441 g/mol. The van der Waals surface area contributed by atoms with Gasteiger partial charge in [0.15, 0.2) is 0 Å². The fourth-order valence-electron chi connectivity index (χ4n) is 5.09. The van der Waals surface area contributed by atoms with Crippen LogP contribution in [0.3, 0.4) is 0 Å². The first-order chi connectivity index (χ1) is 13.9. The molecule has 1 spiro atoms. The van der Waals surface area contributed by atoms with Gasteiger partial charge in [-0.25, -0.2) is 8.42 Å². The van der Waals surface area contributed by atoms with E-state index in [0.29, 0.717) is 32.6 Å². The van der Waals surface area contributed by atoms with Gasteiger partial charge in [-0.15, -0.1) is 0 Å². The molecule has 160 valence electrons. The normalized spacial score (nSPS) is 25.9. The first kappa shape index (κ1) is 21.1. The molecule has 1 atom stereocenters. The number of hydrogen-bond acceptors (Lipinski definition) is 4. The number of carbonyl (C=O) groups is 1. The van der Waals surface area contributed by atoms with Gasteiger partial charge >= 0.3 is 0 Å². The lowest BCUT2D eigenvalue weighted by Gasteiger charge is -2.38. The summed E-state index contributed by atoms with van der Waals surface area (Å²) in [7, 11) is -3.76. The number of ether oxygens (including phenoxy) is 1. The number of carbonyl (C=O) groups excluding carboxylic acids is 1.